The molecule has 0 bridgehead atoms. The Kier molecular flexibility index (Phi) is 4.59. The predicted molar refractivity (Wildman–Crippen MR) is 87.3 cm³/mol. The van der Waals surface area contributed by atoms with Crippen molar-refractivity contribution in [1.29, 1.82) is 0 Å². The maximum Gasteiger partial charge on any atom is 0.313 e. The molecule has 2 unspecified atom stereocenters. The van der Waals surface area contributed by atoms with Crippen molar-refractivity contribution < 1.29 is 18.8 Å². The van der Waals surface area contributed by atoms with Gasteiger partial charge in [-0.2, -0.15) is 0 Å². The highest BCUT2D eigenvalue weighted by Gasteiger charge is 2.32. The Hall–Kier alpha value is -1.98. The van der Waals surface area contributed by atoms with E-state index in [2.05, 4.69) is 0 Å². The number of esters is 1. The molecule has 0 saturated carbocycles. The van der Waals surface area contributed by atoms with Crippen LogP contribution in [0.2, 0.25) is 0 Å². The van der Waals surface area contributed by atoms with E-state index in [1.165, 1.54) is 0 Å². The van der Waals surface area contributed by atoms with E-state index in [-0.39, 0.29) is 11.9 Å². The van der Waals surface area contributed by atoms with E-state index in [9.17, 15) is 9.35 Å². The van der Waals surface area contributed by atoms with Gasteiger partial charge in [-0.1, -0.05) is 25.1 Å². The summed E-state index contributed by atoms with van der Waals surface area (Å²) in [6, 6.07) is 12.7. The number of fused-ring (bicyclic) bond motifs is 2. The summed E-state index contributed by atoms with van der Waals surface area (Å²) >= 11 is -1.31. The van der Waals surface area contributed by atoms with Crippen LogP contribution in [0.15, 0.2) is 52.3 Å². The molecule has 4 nitrogen and oxygen atoms in total. The molecule has 5 heteroatoms. The van der Waals surface area contributed by atoms with Gasteiger partial charge in [0.15, 0.2) is 11.5 Å². The Balaban J connectivity index is 1.97. The van der Waals surface area contributed by atoms with E-state index in [0.717, 1.165) is 5.56 Å². The summed E-state index contributed by atoms with van der Waals surface area (Å²) in [4.78, 5) is 13.3. The van der Waals surface area contributed by atoms with Gasteiger partial charge < -0.3 is 14.0 Å². The number of carbonyl (C=O) groups excluding carboxylic acids is 1. The van der Waals surface area contributed by atoms with Crippen molar-refractivity contribution in [2.24, 2.45) is 0 Å². The summed E-state index contributed by atoms with van der Waals surface area (Å²) < 4.78 is 23.7. The highest BCUT2D eigenvalue weighted by molar-refractivity contribution is 7.91. The first kappa shape index (κ1) is 15.9. The Labute approximate surface area is 138 Å². The van der Waals surface area contributed by atoms with E-state index in [1.54, 1.807) is 31.2 Å². The quantitative estimate of drug-likeness (QED) is 0.627. The van der Waals surface area contributed by atoms with Crippen LogP contribution in [0.5, 0.6) is 11.5 Å². The van der Waals surface area contributed by atoms with Crippen LogP contribution in [-0.4, -0.2) is 17.1 Å². The minimum Gasteiger partial charge on any atom is -0.606 e. The zero-order valence-electron chi connectivity index (χ0n) is 13.1. The summed E-state index contributed by atoms with van der Waals surface area (Å²) in [5.41, 5.74) is 0.807. The zero-order chi connectivity index (χ0) is 16.4. The normalized spacial score (nSPS) is 16.7. The maximum atomic E-state index is 12.8. The molecule has 1 aliphatic heterocycles. The Morgan fingerprint density at radius 2 is 1.91 bits per heavy atom. The van der Waals surface area contributed by atoms with Crippen LogP contribution < -0.4 is 4.74 Å². The lowest BCUT2D eigenvalue weighted by Crippen LogP contribution is -2.17. The van der Waals surface area contributed by atoms with Gasteiger partial charge in [-0.3, -0.25) is 4.79 Å². The SMILES string of the molecule is CCOC(=O)C(CC)c1ccc2c(c1)[S+]([O-])c1ccccc1O2. The van der Waals surface area contributed by atoms with Crippen molar-refractivity contribution in [2.45, 2.75) is 36.0 Å². The lowest BCUT2D eigenvalue weighted by atomic mass is 9.96. The number of rotatable bonds is 4. The van der Waals surface area contributed by atoms with Crippen molar-refractivity contribution in [2.75, 3.05) is 6.61 Å². The van der Waals surface area contributed by atoms with E-state index in [4.69, 9.17) is 9.47 Å². The topological polar surface area (TPSA) is 58.6 Å². The van der Waals surface area contributed by atoms with Gasteiger partial charge in [-0.25, -0.2) is 0 Å². The molecule has 1 heterocycles. The third-order valence-electron chi connectivity index (χ3n) is 3.82. The molecular formula is C18H18O4S. The number of hydrogen-bond acceptors (Lipinski definition) is 4. The van der Waals surface area contributed by atoms with Crippen molar-refractivity contribution in [1.82, 2.24) is 0 Å². The number of para-hydroxylation sites is 1. The van der Waals surface area contributed by atoms with E-state index in [0.29, 0.717) is 34.3 Å². The summed E-state index contributed by atoms with van der Waals surface area (Å²) in [5.74, 6) is 0.584. The largest absolute Gasteiger partial charge is 0.606 e. The van der Waals surface area contributed by atoms with Crippen molar-refractivity contribution in [3.63, 3.8) is 0 Å². The van der Waals surface area contributed by atoms with E-state index < -0.39 is 11.2 Å². The molecule has 3 rings (SSSR count). The smallest absolute Gasteiger partial charge is 0.313 e. The van der Waals surface area contributed by atoms with Gasteiger partial charge in [0.1, 0.15) is 0 Å². The lowest BCUT2D eigenvalue weighted by molar-refractivity contribution is -0.145. The van der Waals surface area contributed by atoms with Gasteiger partial charge in [0.25, 0.3) is 0 Å². The molecule has 120 valence electrons. The van der Waals surface area contributed by atoms with Crippen molar-refractivity contribution in [3.05, 3.63) is 48.0 Å². The number of hydrogen-bond donors (Lipinski definition) is 0. The third kappa shape index (κ3) is 2.94. The molecule has 2 aromatic rings. The molecule has 0 amide bonds. The third-order valence-corrected chi connectivity index (χ3v) is 5.27. The van der Waals surface area contributed by atoms with Crippen LogP contribution in [0, 0.1) is 0 Å². The molecule has 0 aliphatic carbocycles. The monoisotopic (exact) mass is 330 g/mol. The lowest BCUT2D eigenvalue weighted by Gasteiger charge is -2.23. The summed E-state index contributed by atoms with van der Waals surface area (Å²) in [6.45, 7) is 4.07. The molecule has 2 atom stereocenters. The van der Waals surface area contributed by atoms with Gasteiger partial charge in [0.05, 0.1) is 12.5 Å². The predicted octanol–water partition coefficient (Wildman–Crippen LogP) is 4.02. The Bertz CT molecular complexity index is 729. The molecule has 1 aliphatic rings. The standard InChI is InChI=1S/C18H18O4S/c1-3-13(18(19)21-4-2)12-9-10-15-17(11-12)23(20)16-8-6-5-7-14(16)22-15/h5-11,13H,3-4H2,1-2H3. The van der Waals surface area contributed by atoms with Crippen LogP contribution >= 0.6 is 0 Å². The molecule has 0 aromatic heterocycles. The zero-order valence-corrected chi connectivity index (χ0v) is 13.9. The van der Waals surface area contributed by atoms with Gasteiger partial charge >= 0.3 is 5.97 Å². The number of benzene rings is 2. The van der Waals surface area contributed by atoms with E-state index >= 15 is 0 Å². The van der Waals surface area contributed by atoms with Crippen LogP contribution in [-0.2, 0) is 20.7 Å². The van der Waals surface area contributed by atoms with Crippen LogP contribution in [0.4, 0.5) is 0 Å². The maximum absolute atomic E-state index is 12.8. The second-order valence-electron chi connectivity index (χ2n) is 5.24. The van der Waals surface area contributed by atoms with Gasteiger partial charge in [-0.15, -0.1) is 0 Å². The van der Waals surface area contributed by atoms with E-state index in [1.807, 2.05) is 25.1 Å². The average Bonchev–Trinajstić information content (AvgIpc) is 2.56. The molecule has 0 spiro atoms. The van der Waals surface area contributed by atoms with Crippen LogP contribution in [0.1, 0.15) is 31.7 Å². The molecule has 0 saturated heterocycles. The molecular weight excluding hydrogens is 312 g/mol. The Morgan fingerprint density at radius 3 is 2.65 bits per heavy atom. The Morgan fingerprint density at radius 1 is 1.17 bits per heavy atom. The molecule has 2 aromatic carbocycles. The molecule has 0 radical (unpaired) electrons. The fourth-order valence-electron chi connectivity index (χ4n) is 2.68. The van der Waals surface area contributed by atoms with Crippen LogP contribution in [0.3, 0.4) is 0 Å². The minimum atomic E-state index is -1.31. The average molecular weight is 330 g/mol. The van der Waals surface area contributed by atoms with Gasteiger partial charge in [-0.05, 0) is 37.1 Å². The first-order valence-corrected chi connectivity index (χ1v) is 8.80. The summed E-state index contributed by atoms with van der Waals surface area (Å²) in [7, 11) is 0. The minimum absolute atomic E-state index is 0.252. The summed E-state index contributed by atoms with van der Waals surface area (Å²) in [5, 5.41) is 0. The second-order valence-corrected chi connectivity index (χ2v) is 6.65. The van der Waals surface area contributed by atoms with Crippen molar-refractivity contribution >= 4 is 17.1 Å². The second kappa shape index (κ2) is 6.64. The summed E-state index contributed by atoms with van der Waals surface area (Å²) in [6.07, 6.45) is 0.627. The number of carbonyl (C=O) groups is 1. The molecule has 23 heavy (non-hydrogen) atoms. The molecule has 0 N–H and O–H groups in total. The van der Waals surface area contributed by atoms with Gasteiger partial charge in [0.2, 0.25) is 9.79 Å². The fourth-order valence-corrected chi connectivity index (χ4v) is 3.94. The highest BCUT2D eigenvalue weighted by Crippen LogP contribution is 2.43. The highest BCUT2D eigenvalue weighted by atomic mass is 32.2. The number of ether oxygens (including phenoxy) is 2. The van der Waals surface area contributed by atoms with Crippen LogP contribution in [0.25, 0.3) is 0 Å². The molecule has 0 fully saturated rings. The fraction of sp³-hybridized carbons (Fsp3) is 0.278. The first-order chi connectivity index (χ1) is 11.2. The van der Waals surface area contributed by atoms with Gasteiger partial charge in [0, 0.05) is 17.2 Å². The first-order valence-electron chi connectivity index (χ1n) is 7.65. The van der Waals surface area contributed by atoms with Crippen molar-refractivity contribution in [3.8, 4) is 11.5 Å².